The van der Waals surface area contributed by atoms with Gasteiger partial charge in [0.1, 0.15) is 0 Å². The second-order valence-electron chi connectivity index (χ2n) is 8.83. The molecule has 3 heteroatoms. The maximum atomic E-state index is 6.33. The number of aromatic nitrogens is 2. The van der Waals surface area contributed by atoms with Crippen LogP contribution in [-0.4, -0.2) is 9.97 Å². The van der Waals surface area contributed by atoms with Crippen LogP contribution in [-0.2, 0) is 0 Å². The zero-order valence-electron chi connectivity index (χ0n) is 20.1. The van der Waals surface area contributed by atoms with Gasteiger partial charge in [-0.25, -0.2) is 9.97 Å². The lowest BCUT2D eigenvalue weighted by molar-refractivity contribution is 1.18. The largest absolute Gasteiger partial charge is 0.228 e. The van der Waals surface area contributed by atoms with Gasteiger partial charge in [0, 0.05) is 21.7 Å². The second kappa shape index (κ2) is 10.2. The van der Waals surface area contributed by atoms with Crippen LogP contribution in [0.3, 0.4) is 0 Å². The van der Waals surface area contributed by atoms with Gasteiger partial charge in [-0.05, 0) is 46.5 Å². The Labute approximate surface area is 221 Å². The van der Waals surface area contributed by atoms with Crippen molar-refractivity contribution < 1.29 is 0 Å². The van der Waals surface area contributed by atoms with Gasteiger partial charge in [-0.3, -0.25) is 0 Å². The minimum absolute atomic E-state index is 0.678. The van der Waals surface area contributed by atoms with E-state index in [0.29, 0.717) is 10.8 Å². The van der Waals surface area contributed by atoms with Gasteiger partial charge < -0.3 is 0 Å². The van der Waals surface area contributed by atoms with E-state index < -0.39 is 0 Å². The van der Waals surface area contributed by atoms with Gasteiger partial charge in [-0.2, -0.15) is 0 Å². The lowest BCUT2D eigenvalue weighted by Gasteiger charge is -2.14. The molecule has 0 N–H and O–H groups in total. The lowest BCUT2D eigenvalue weighted by atomic mass is 9.92. The predicted molar refractivity (Wildman–Crippen MR) is 154 cm³/mol. The van der Waals surface area contributed by atoms with E-state index in [1.165, 1.54) is 11.1 Å². The molecular formula is C34H23ClN2. The fraction of sp³-hybridized carbons (Fsp3) is 0. The highest BCUT2D eigenvalue weighted by atomic mass is 35.5. The van der Waals surface area contributed by atoms with Crippen LogP contribution in [0.25, 0.3) is 56.2 Å². The van der Waals surface area contributed by atoms with Gasteiger partial charge in [0.05, 0.1) is 11.4 Å². The molecule has 0 saturated carbocycles. The summed E-state index contributed by atoms with van der Waals surface area (Å²) in [5.41, 5.74) is 9.34. The number of hydrogen-bond donors (Lipinski definition) is 0. The fourth-order valence-electron chi connectivity index (χ4n) is 4.54. The van der Waals surface area contributed by atoms with Crippen molar-refractivity contribution in [2.75, 3.05) is 0 Å². The Morgan fingerprint density at radius 1 is 0.378 bits per heavy atom. The molecule has 0 bridgehead atoms. The summed E-state index contributed by atoms with van der Waals surface area (Å²) in [4.78, 5) is 9.93. The number of hydrogen-bond acceptors (Lipinski definition) is 2. The average Bonchev–Trinajstić information content (AvgIpc) is 2.98. The Hall–Kier alpha value is -4.53. The minimum Gasteiger partial charge on any atom is -0.228 e. The average molecular weight is 495 g/mol. The summed E-state index contributed by atoms with van der Waals surface area (Å²) in [5, 5.41) is 0.678. The molecule has 0 saturated heterocycles. The third kappa shape index (κ3) is 4.93. The first-order chi connectivity index (χ1) is 18.2. The van der Waals surface area contributed by atoms with Gasteiger partial charge in [0.2, 0.25) is 0 Å². The van der Waals surface area contributed by atoms with Gasteiger partial charge in [0.25, 0.3) is 0 Å². The molecule has 2 nitrogen and oxygen atoms in total. The molecule has 6 aromatic rings. The van der Waals surface area contributed by atoms with Crippen molar-refractivity contribution in [3.8, 4) is 56.2 Å². The molecular weight excluding hydrogens is 472 g/mol. The maximum Gasteiger partial charge on any atom is 0.160 e. The maximum absolute atomic E-state index is 6.33. The Morgan fingerprint density at radius 2 is 0.892 bits per heavy atom. The lowest BCUT2D eigenvalue weighted by Crippen LogP contribution is -1.96. The van der Waals surface area contributed by atoms with Crippen LogP contribution in [0.1, 0.15) is 0 Å². The molecule has 0 aliphatic rings. The summed E-state index contributed by atoms with van der Waals surface area (Å²) in [6.45, 7) is 0. The van der Waals surface area contributed by atoms with Crippen LogP contribution in [0.4, 0.5) is 0 Å². The smallest absolute Gasteiger partial charge is 0.160 e. The zero-order chi connectivity index (χ0) is 25.0. The first kappa shape index (κ1) is 22.9. The molecule has 0 amide bonds. The molecule has 1 heterocycles. The van der Waals surface area contributed by atoms with E-state index in [1.54, 1.807) is 0 Å². The topological polar surface area (TPSA) is 25.8 Å². The Bertz CT molecular complexity index is 1660. The van der Waals surface area contributed by atoms with Crippen molar-refractivity contribution in [3.05, 3.63) is 145 Å². The zero-order valence-corrected chi connectivity index (χ0v) is 20.8. The van der Waals surface area contributed by atoms with Crippen molar-refractivity contribution >= 4 is 11.6 Å². The minimum atomic E-state index is 0.678. The molecule has 5 aromatic carbocycles. The SMILES string of the molecule is Clc1cccc(-c2cc(-c3ccc(-c4ccccc4)c(-c4ccccc4)c3)nc(-c3ccccc3)n2)c1. The molecule has 0 radical (unpaired) electrons. The Morgan fingerprint density at radius 3 is 1.49 bits per heavy atom. The molecule has 0 unspecified atom stereocenters. The van der Waals surface area contributed by atoms with E-state index in [0.717, 1.165) is 39.2 Å². The summed E-state index contributed by atoms with van der Waals surface area (Å²) in [6.07, 6.45) is 0. The molecule has 37 heavy (non-hydrogen) atoms. The van der Waals surface area contributed by atoms with Crippen molar-refractivity contribution in [2.45, 2.75) is 0 Å². The monoisotopic (exact) mass is 494 g/mol. The number of nitrogens with zero attached hydrogens (tertiary/aromatic N) is 2. The highest BCUT2D eigenvalue weighted by Crippen LogP contribution is 2.36. The van der Waals surface area contributed by atoms with Crippen molar-refractivity contribution in [1.29, 1.82) is 0 Å². The molecule has 0 aliphatic carbocycles. The fourth-order valence-corrected chi connectivity index (χ4v) is 4.73. The van der Waals surface area contributed by atoms with Crippen LogP contribution in [0.2, 0.25) is 5.02 Å². The van der Waals surface area contributed by atoms with Crippen molar-refractivity contribution in [2.24, 2.45) is 0 Å². The summed E-state index contributed by atoms with van der Waals surface area (Å²) >= 11 is 6.33. The summed E-state index contributed by atoms with van der Waals surface area (Å²) in [7, 11) is 0. The normalized spacial score (nSPS) is 10.8. The predicted octanol–water partition coefficient (Wildman–Crippen LogP) is 9.46. The van der Waals surface area contributed by atoms with Crippen LogP contribution in [0, 0.1) is 0 Å². The molecule has 176 valence electrons. The second-order valence-corrected chi connectivity index (χ2v) is 9.27. The third-order valence-electron chi connectivity index (χ3n) is 6.36. The highest BCUT2D eigenvalue weighted by molar-refractivity contribution is 6.30. The number of rotatable bonds is 5. The van der Waals surface area contributed by atoms with Crippen molar-refractivity contribution in [1.82, 2.24) is 9.97 Å². The molecule has 1 aromatic heterocycles. The first-order valence-electron chi connectivity index (χ1n) is 12.2. The molecule has 0 spiro atoms. The Kier molecular flexibility index (Phi) is 6.33. The molecule has 0 aliphatic heterocycles. The van der Waals surface area contributed by atoms with Gasteiger partial charge in [-0.1, -0.05) is 127 Å². The molecule has 6 rings (SSSR count). The van der Waals surface area contributed by atoms with E-state index in [9.17, 15) is 0 Å². The first-order valence-corrected chi connectivity index (χ1v) is 12.6. The van der Waals surface area contributed by atoms with E-state index in [-0.39, 0.29) is 0 Å². The van der Waals surface area contributed by atoms with E-state index in [2.05, 4.69) is 66.7 Å². The van der Waals surface area contributed by atoms with Crippen LogP contribution >= 0.6 is 11.6 Å². The molecule has 0 atom stereocenters. The van der Waals surface area contributed by atoms with Crippen LogP contribution in [0.5, 0.6) is 0 Å². The number of benzene rings is 5. The van der Waals surface area contributed by atoms with E-state index in [4.69, 9.17) is 21.6 Å². The van der Waals surface area contributed by atoms with Gasteiger partial charge >= 0.3 is 0 Å². The van der Waals surface area contributed by atoms with Crippen LogP contribution < -0.4 is 0 Å². The van der Waals surface area contributed by atoms with Crippen molar-refractivity contribution in [3.63, 3.8) is 0 Å². The Balaban J connectivity index is 1.56. The van der Waals surface area contributed by atoms with Crippen LogP contribution in [0.15, 0.2) is 140 Å². The number of halogens is 1. The van der Waals surface area contributed by atoms with E-state index in [1.807, 2.05) is 72.8 Å². The van der Waals surface area contributed by atoms with Gasteiger partial charge in [0.15, 0.2) is 5.82 Å². The summed E-state index contributed by atoms with van der Waals surface area (Å²) in [6, 6.07) is 47.5. The third-order valence-corrected chi connectivity index (χ3v) is 6.60. The standard InChI is InChI=1S/C34H23ClN2/c35-29-18-10-17-27(21-29)32-23-33(37-34(36-32)26-15-8-3-9-16-26)28-19-20-30(24-11-4-1-5-12-24)31(22-28)25-13-6-2-7-14-25/h1-23H. The van der Waals surface area contributed by atoms with Gasteiger partial charge in [-0.15, -0.1) is 0 Å². The molecule has 0 fully saturated rings. The summed E-state index contributed by atoms with van der Waals surface area (Å²) < 4.78 is 0. The summed E-state index contributed by atoms with van der Waals surface area (Å²) in [5.74, 6) is 0.682. The highest BCUT2D eigenvalue weighted by Gasteiger charge is 2.14. The van der Waals surface area contributed by atoms with E-state index >= 15 is 0 Å². The quantitative estimate of drug-likeness (QED) is 0.238.